The SMILES string of the molecule is CCOc1ccc(CCCC(Br)C(=O)O)cc1. The average molecular weight is 301 g/mol. The first kappa shape index (κ1) is 14.0. The number of hydrogen-bond donors (Lipinski definition) is 1. The number of halogens is 1. The topological polar surface area (TPSA) is 46.5 Å². The Morgan fingerprint density at radius 2 is 2.06 bits per heavy atom. The molecule has 1 aromatic rings. The highest BCUT2D eigenvalue weighted by Gasteiger charge is 2.11. The number of ether oxygens (including phenoxy) is 1. The number of carbonyl (C=O) groups is 1. The van der Waals surface area contributed by atoms with Gasteiger partial charge in [0.15, 0.2) is 0 Å². The van der Waals surface area contributed by atoms with Crippen LogP contribution in [0.1, 0.15) is 25.3 Å². The zero-order chi connectivity index (χ0) is 12.7. The zero-order valence-corrected chi connectivity index (χ0v) is 11.4. The van der Waals surface area contributed by atoms with Gasteiger partial charge in [-0.15, -0.1) is 0 Å². The summed E-state index contributed by atoms with van der Waals surface area (Å²) >= 11 is 3.13. The fourth-order valence-corrected chi connectivity index (χ4v) is 1.85. The Bertz CT molecular complexity index is 348. The van der Waals surface area contributed by atoms with E-state index in [1.807, 2.05) is 31.2 Å². The standard InChI is InChI=1S/C13H17BrO3/c1-2-17-11-8-6-10(7-9-11)4-3-5-12(14)13(15)16/h6-9,12H,2-5H2,1H3,(H,15,16). The van der Waals surface area contributed by atoms with E-state index in [0.29, 0.717) is 13.0 Å². The van der Waals surface area contributed by atoms with Crippen LogP contribution in [0.2, 0.25) is 0 Å². The van der Waals surface area contributed by atoms with Crippen molar-refractivity contribution in [2.24, 2.45) is 0 Å². The Kier molecular flexibility index (Phi) is 6.05. The lowest BCUT2D eigenvalue weighted by Gasteiger charge is -2.06. The van der Waals surface area contributed by atoms with Gasteiger partial charge in [0.25, 0.3) is 0 Å². The quantitative estimate of drug-likeness (QED) is 0.786. The Hall–Kier alpha value is -1.03. The maximum atomic E-state index is 10.6. The van der Waals surface area contributed by atoms with E-state index in [0.717, 1.165) is 18.6 Å². The van der Waals surface area contributed by atoms with Crippen LogP contribution in [0.4, 0.5) is 0 Å². The molecule has 0 heterocycles. The molecule has 0 spiro atoms. The second-order valence-electron chi connectivity index (χ2n) is 3.77. The molecule has 0 radical (unpaired) electrons. The van der Waals surface area contributed by atoms with Crippen LogP contribution in [0, 0.1) is 0 Å². The lowest BCUT2D eigenvalue weighted by atomic mass is 10.1. The van der Waals surface area contributed by atoms with Crippen LogP contribution in [0.25, 0.3) is 0 Å². The van der Waals surface area contributed by atoms with E-state index in [4.69, 9.17) is 9.84 Å². The van der Waals surface area contributed by atoms with Gasteiger partial charge < -0.3 is 9.84 Å². The highest BCUT2D eigenvalue weighted by atomic mass is 79.9. The summed E-state index contributed by atoms with van der Waals surface area (Å²) in [6.45, 7) is 2.62. The normalized spacial score (nSPS) is 12.1. The van der Waals surface area contributed by atoms with Crippen molar-refractivity contribution >= 4 is 21.9 Å². The molecule has 0 aliphatic heterocycles. The number of benzene rings is 1. The number of alkyl halides is 1. The van der Waals surface area contributed by atoms with Gasteiger partial charge in [-0.1, -0.05) is 28.1 Å². The summed E-state index contributed by atoms with van der Waals surface area (Å²) in [4.78, 5) is 10.2. The molecule has 0 saturated carbocycles. The average Bonchev–Trinajstić information content (AvgIpc) is 2.31. The molecule has 0 aromatic heterocycles. The predicted octanol–water partition coefficient (Wildman–Crippen LogP) is 3.26. The molecule has 17 heavy (non-hydrogen) atoms. The Morgan fingerprint density at radius 3 is 2.59 bits per heavy atom. The molecule has 0 fully saturated rings. The van der Waals surface area contributed by atoms with Crippen molar-refractivity contribution in [3.63, 3.8) is 0 Å². The molecule has 1 atom stereocenters. The second kappa shape index (κ2) is 7.33. The van der Waals surface area contributed by atoms with E-state index in [1.54, 1.807) is 0 Å². The monoisotopic (exact) mass is 300 g/mol. The van der Waals surface area contributed by atoms with Gasteiger partial charge in [0.1, 0.15) is 10.6 Å². The van der Waals surface area contributed by atoms with Crippen LogP contribution >= 0.6 is 15.9 Å². The minimum atomic E-state index is -0.795. The highest BCUT2D eigenvalue weighted by molar-refractivity contribution is 9.10. The van der Waals surface area contributed by atoms with Crippen LogP contribution in [-0.2, 0) is 11.2 Å². The molecule has 0 aliphatic rings. The molecule has 1 N–H and O–H groups in total. The van der Waals surface area contributed by atoms with E-state index in [1.165, 1.54) is 5.56 Å². The minimum absolute atomic E-state index is 0.440. The molecule has 3 nitrogen and oxygen atoms in total. The Morgan fingerprint density at radius 1 is 1.41 bits per heavy atom. The van der Waals surface area contributed by atoms with Crippen LogP contribution in [0.15, 0.2) is 24.3 Å². The molecule has 0 aliphatic carbocycles. The summed E-state index contributed by atoms with van der Waals surface area (Å²) < 4.78 is 5.35. The molecule has 0 amide bonds. The zero-order valence-electron chi connectivity index (χ0n) is 9.86. The summed E-state index contributed by atoms with van der Waals surface area (Å²) in [7, 11) is 0. The lowest BCUT2D eigenvalue weighted by Crippen LogP contribution is -2.12. The number of aliphatic carboxylic acids is 1. The number of hydrogen-bond acceptors (Lipinski definition) is 2. The van der Waals surface area contributed by atoms with Gasteiger partial charge in [-0.05, 0) is 43.9 Å². The van der Waals surface area contributed by atoms with Crippen molar-refractivity contribution in [2.45, 2.75) is 31.0 Å². The van der Waals surface area contributed by atoms with E-state index in [-0.39, 0.29) is 0 Å². The summed E-state index contributed by atoms with van der Waals surface area (Å²) in [6.07, 6.45) is 2.39. The molecular formula is C13H17BrO3. The molecular weight excluding hydrogens is 284 g/mol. The van der Waals surface area contributed by atoms with Crippen molar-refractivity contribution in [2.75, 3.05) is 6.61 Å². The second-order valence-corrected chi connectivity index (χ2v) is 4.88. The van der Waals surface area contributed by atoms with Crippen molar-refractivity contribution in [1.29, 1.82) is 0 Å². The summed E-state index contributed by atoms with van der Waals surface area (Å²) in [5.74, 6) is 0.0804. The van der Waals surface area contributed by atoms with Crippen molar-refractivity contribution in [1.82, 2.24) is 0 Å². The Labute approximate surface area is 110 Å². The maximum absolute atomic E-state index is 10.6. The largest absolute Gasteiger partial charge is 0.494 e. The molecule has 0 bridgehead atoms. The third kappa shape index (κ3) is 5.22. The first-order chi connectivity index (χ1) is 8.13. The van der Waals surface area contributed by atoms with Crippen LogP contribution in [0.3, 0.4) is 0 Å². The maximum Gasteiger partial charge on any atom is 0.317 e. The number of rotatable bonds is 7. The van der Waals surface area contributed by atoms with Crippen molar-refractivity contribution < 1.29 is 14.6 Å². The third-order valence-electron chi connectivity index (χ3n) is 2.43. The summed E-state index contributed by atoms with van der Waals surface area (Å²) in [6, 6.07) is 7.94. The fourth-order valence-electron chi connectivity index (χ4n) is 1.53. The molecule has 1 rings (SSSR count). The first-order valence-electron chi connectivity index (χ1n) is 5.72. The molecule has 0 saturated heterocycles. The van der Waals surface area contributed by atoms with E-state index >= 15 is 0 Å². The fraction of sp³-hybridized carbons (Fsp3) is 0.462. The van der Waals surface area contributed by atoms with Crippen LogP contribution in [-0.4, -0.2) is 22.5 Å². The molecule has 1 aromatic carbocycles. The first-order valence-corrected chi connectivity index (χ1v) is 6.63. The predicted molar refractivity (Wildman–Crippen MR) is 70.9 cm³/mol. The summed E-state index contributed by atoms with van der Waals surface area (Å²) in [5.41, 5.74) is 1.21. The van der Waals surface area contributed by atoms with Crippen LogP contribution < -0.4 is 4.74 Å². The molecule has 94 valence electrons. The van der Waals surface area contributed by atoms with E-state index < -0.39 is 10.8 Å². The van der Waals surface area contributed by atoms with Gasteiger partial charge in [0.2, 0.25) is 0 Å². The number of aryl methyl sites for hydroxylation is 1. The molecule has 1 unspecified atom stereocenters. The van der Waals surface area contributed by atoms with Crippen molar-refractivity contribution in [3.8, 4) is 5.75 Å². The lowest BCUT2D eigenvalue weighted by molar-refractivity contribution is -0.136. The van der Waals surface area contributed by atoms with Gasteiger partial charge in [-0.3, -0.25) is 4.79 Å². The smallest absolute Gasteiger partial charge is 0.317 e. The minimum Gasteiger partial charge on any atom is -0.494 e. The molecule has 4 heteroatoms. The van der Waals surface area contributed by atoms with Gasteiger partial charge >= 0.3 is 5.97 Å². The van der Waals surface area contributed by atoms with Crippen LogP contribution in [0.5, 0.6) is 5.75 Å². The van der Waals surface area contributed by atoms with Gasteiger partial charge in [-0.2, -0.15) is 0 Å². The highest BCUT2D eigenvalue weighted by Crippen LogP contribution is 2.15. The van der Waals surface area contributed by atoms with Gasteiger partial charge in [0, 0.05) is 0 Å². The third-order valence-corrected chi connectivity index (χ3v) is 3.27. The van der Waals surface area contributed by atoms with Gasteiger partial charge in [-0.25, -0.2) is 0 Å². The van der Waals surface area contributed by atoms with Gasteiger partial charge in [0.05, 0.1) is 6.61 Å². The van der Waals surface area contributed by atoms with E-state index in [9.17, 15) is 4.79 Å². The summed E-state index contributed by atoms with van der Waals surface area (Å²) in [5, 5.41) is 8.71. The van der Waals surface area contributed by atoms with Crippen molar-refractivity contribution in [3.05, 3.63) is 29.8 Å². The number of carboxylic acid groups (broad SMARTS) is 1. The van der Waals surface area contributed by atoms with E-state index in [2.05, 4.69) is 15.9 Å². The number of carboxylic acids is 1. The Balaban J connectivity index is 2.34.